The highest BCUT2D eigenvalue weighted by Crippen LogP contribution is 2.45. The smallest absolute Gasteiger partial charge is 0.143 e. The van der Waals surface area contributed by atoms with E-state index in [0.717, 1.165) is 26.6 Å². The first-order valence-electron chi connectivity index (χ1n) is 10.7. The van der Waals surface area contributed by atoms with Crippen LogP contribution in [0.1, 0.15) is 0 Å². The van der Waals surface area contributed by atoms with Gasteiger partial charge in [0, 0.05) is 26.4 Å². The fourth-order valence-electron chi connectivity index (χ4n) is 5.13. The molecule has 6 aromatic carbocycles. The summed E-state index contributed by atoms with van der Waals surface area (Å²) in [6, 6.07) is 36.5. The zero-order valence-electron chi connectivity index (χ0n) is 17.1. The fourth-order valence-corrected chi connectivity index (χ4v) is 5.82. The highest BCUT2D eigenvalue weighted by atomic mass is 79.9. The van der Waals surface area contributed by atoms with Crippen LogP contribution in [0.25, 0.3) is 65.4 Å². The molecule has 32 heavy (non-hydrogen) atoms. The molecule has 1 aromatic heterocycles. The second kappa shape index (κ2) is 6.69. The van der Waals surface area contributed by atoms with E-state index in [0.29, 0.717) is 0 Å². The summed E-state index contributed by atoms with van der Waals surface area (Å²) >= 11 is 3.87. The second-order valence-electron chi connectivity index (χ2n) is 8.22. The van der Waals surface area contributed by atoms with Gasteiger partial charge in [0.15, 0.2) is 0 Å². The molecule has 1 nitrogen and oxygen atoms in total. The van der Waals surface area contributed by atoms with Crippen molar-refractivity contribution in [2.24, 2.45) is 0 Å². The Morgan fingerprint density at radius 3 is 1.81 bits per heavy atom. The summed E-state index contributed by atoms with van der Waals surface area (Å²) in [4.78, 5) is 0. The predicted molar refractivity (Wildman–Crippen MR) is 139 cm³/mol. The first-order valence-corrected chi connectivity index (χ1v) is 11.5. The molecular formula is C30H17BrO. The van der Waals surface area contributed by atoms with Gasteiger partial charge in [-0.3, -0.25) is 0 Å². The van der Waals surface area contributed by atoms with Gasteiger partial charge in [-0.05, 0) is 54.3 Å². The lowest BCUT2D eigenvalue weighted by Gasteiger charge is -2.14. The molecule has 0 atom stereocenters. The first-order chi connectivity index (χ1) is 15.8. The maximum absolute atomic E-state index is 6.56. The van der Waals surface area contributed by atoms with Gasteiger partial charge in [-0.2, -0.15) is 0 Å². The van der Waals surface area contributed by atoms with E-state index in [9.17, 15) is 0 Å². The zero-order valence-corrected chi connectivity index (χ0v) is 18.7. The fraction of sp³-hybridized carbons (Fsp3) is 0. The van der Waals surface area contributed by atoms with Crippen molar-refractivity contribution in [2.75, 3.05) is 0 Å². The van der Waals surface area contributed by atoms with Gasteiger partial charge in [-0.15, -0.1) is 0 Å². The van der Waals surface area contributed by atoms with Crippen LogP contribution in [0.15, 0.2) is 112 Å². The Labute approximate surface area is 193 Å². The molecule has 0 aliphatic rings. The highest BCUT2D eigenvalue weighted by Gasteiger charge is 2.19. The summed E-state index contributed by atoms with van der Waals surface area (Å²) in [5.41, 5.74) is 4.21. The van der Waals surface area contributed by atoms with Crippen molar-refractivity contribution in [1.29, 1.82) is 0 Å². The van der Waals surface area contributed by atoms with Crippen LogP contribution < -0.4 is 0 Å². The third kappa shape index (κ3) is 2.39. The monoisotopic (exact) mass is 472 g/mol. The molecule has 0 radical (unpaired) electrons. The van der Waals surface area contributed by atoms with Gasteiger partial charge in [0.05, 0.1) is 0 Å². The van der Waals surface area contributed by atoms with Crippen molar-refractivity contribution >= 4 is 70.2 Å². The number of halogens is 1. The molecule has 2 heteroatoms. The summed E-state index contributed by atoms with van der Waals surface area (Å²) in [5, 5.41) is 9.65. The number of fused-ring (bicyclic) bond motifs is 7. The molecule has 0 N–H and O–H groups in total. The number of hydrogen-bond donors (Lipinski definition) is 0. The van der Waals surface area contributed by atoms with Gasteiger partial charge in [-0.1, -0.05) is 97.1 Å². The van der Waals surface area contributed by atoms with Gasteiger partial charge in [0.25, 0.3) is 0 Å². The number of rotatable bonds is 1. The number of benzene rings is 6. The quantitative estimate of drug-likeness (QED) is 0.217. The highest BCUT2D eigenvalue weighted by molar-refractivity contribution is 9.10. The van der Waals surface area contributed by atoms with Crippen molar-refractivity contribution in [3.63, 3.8) is 0 Å². The van der Waals surface area contributed by atoms with Crippen LogP contribution in [-0.4, -0.2) is 0 Å². The Morgan fingerprint density at radius 1 is 0.500 bits per heavy atom. The molecule has 0 spiro atoms. The summed E-state index contributed by atoms with van der Waals surface area (Å²) in [6.07, 6.45) is 0. The molecule has 7 aromatic rings. The van der Waals surface area contributed by atoms with Gasteiger partial charge in [0.2, 0.25) is 0 Å². The minimum absolute atomic E-state index is 0.928. The van der Waals surface area contributed by atoms with E-state index in [-0.39, 0.29) is 0 Å². The van der Waals surface area contributed by atoms with E-state index in [1.165, 1.54) is 43.3 Å². The zero-order chi connectivity index (χ0) is 21.2. The van der Waals surface area contributed by atoms with Crippen molar-refractivity contribution < 1.29 is 4.42 Å². The number of furan rings is 1. The molecule has 0 aliphatic carbocycles. The van der Waals surface area contributed by atoms with Crippen LogP contribution in [0.2, 0.25) is 0 Å². The minimum Gasteiger partial charge on any atom is -0.455 e. The van der Waals surface area contributed by atoms with Crippen LogP contribution in [0.3, 0.4) is 0 Å². The van der Waals surface area contributed by atoms with E-state index in [2.05, 4.69) is 119 Å². The van der Waals surface area contributed by atoms with Crippen LogP contribution in [0.4, 0.5) is 0 Å². The summed E-state index contributed by atoms with van der Waals surface area (Å²) in [5.74, 6) is 0. The van der Waals surface area contributed by atoms with Crippen LogP contribution in [0.5, 0.6) is 0 Å². The lowest BCUT2D eigenvalue weighted by molar-refractivity contribution is 0.670. The van der Waals surface area contributed by atoms with E-state index in [4.69, 9.17) is 4.42 Å². The SMILES string of the molecule is Brc1c2ccccc2c(-c2cccc3c2oc2ccc4ccccc4c23)c2ccccc12. The summed E-state index contributed by atoms with van der Waals surface area (Å²) in [6.45, 7) is 0. The molecular weight excluding hydrogens is 456 g/mol. The minimum atomic E-state index is 0.928. The van der Waals surface area contributed by atoms with E-state index in [1.807, 2.05) is 0 Å². The molecule has 0 unspecified atom stereocenters. The van der Waals surface area contributed by atoms with Crippen LogP contribution >= 0.6 is 15.9 Å². The van der Waals surface area contributed by atoms with Gasteiger partial charge in [-0.25, -0.2) is 0 Å². The molecule has 1 heterocycles. The van der Waals surface area contributed by atoms with Crippen molar-refractivity contribution in [3.05, 3.63) is 108 Å². The Kier molecular flexibility index (Phi) is 3.76. The normalized spacial score (nSPS) is 11.9. The molecule has 7 rings (SSSR count). The standard InChI is InChI=1S/C30H17BrO/c31-29-22-12-5-3-10-20(22)27(21-11-4-6-13-23(21)29)24-14-7-15-25-28-19-9-2-1-8-18(19)16-17-26(28)32-30(24)25/h1-17H. The van der Waals surface area contributed by atoms with E-state index in [1.54, 1.807) is 0 Å². The molecule has 0 aliphatic heterocycles. The molecule has 0 amide bonds. The largest absolute Gasteiger partial charge is 0.455 e. The Hall–Kier alpha value is -3.62. The molecule has 0 saturated heterocycles. The third-order valence-corrected chi connectivity index (χ3v) is 7.38. The Balaban J connectivity index is 1.70. The second-order valence-corrected chi connectivity index (χ2v) is 9.02. The van der Waals surface area contributed by atoms with Crippen LogP contribution in [-0.2, 0) is 0 Å². The van der Waals surface area contributed by atoms with Gasteiger partial charge in [0.1, 0.15) is 11.2 Å². The van der Waals surface area contributed by atoms with E-state index < -0.39 is 0 Å². The van der Waals surface area contributed by atoms with E-state index >= 15 is 0 Å². The summed E-state index contributed by atoms with van der Waals surface area (Å²) in [7, 11) is 0. The third-order valence-electron chi connectivity index (χ3n) is 6.52. The molecule has 150 valence electrons. The van der Waals surface area contributed by atoms with Gasteiger partial charge < -0.3 is 4.42 Å². The summed E-state index contributed by atoms with van der Waals surface area (Å²) < 4.78 is 7.70. The van der Waals surface area contributed by atoms with Crippen molar-refractivity contribution in [3.8, 4) is 11.1 Å². The topological polar surface area (TPSA) is 13.1 Å². The maximum Gasteiger partial charge on any atom is 0.143 e. The number of hydrogen-bond acceptors (Lipinski definition) is 1. The average molecular weight is 473 g/mol. The predicted octanol–water partition coefficient (Wildman–Crippen LogP) is 9.48. The van der Waals surface area contributed by atoms with Crippen molar-refractivity contribution in [2.45, 2.75) is 0 Å². The average Bonchev–Trinajstić information content (AvgIpc) is 3.24. The maximum atomic E-state index is 6.56. The number of para-hydroxylation sites is 1. The Bertz CT molecular complexity index is 1780. The lowest BCUT2D eigenvalue weighted by atomic mass is 9.91. The van der Waals surface area contributed by atoms with Gasteiger partial charge >= 0.3 is 0 Å². The lowest BCUT2D eigenvalue weighted by Crippen LogP contribution is -1.88. The molecule has 0 bridgehead atoms. The van der Waals surface area contributed by atoms with Crippen LogP contribution in [0, 0.1) is 0 Å². The molecule has 0 fully saturated rings. The van der Waals surface area contributed by atoms with Crippen molar-refractivity contribution in [1.82, 2.24) is 0 Å². The first kappa shape index (κ1) is 18.0. The Morgan fingerprint density at radius 2 is 1.09 bits per heavy atom. The molecule has 0 saturated carbocycles.